The molecule has 0 saturated heterocycles. The third-order valence-corrected chi connectivity index (χ3v) is 4.28. The van der Waals surface area contributed by atoms with Crippen LogP contribution in [0.3, 0.4) is 0 Å². The molecule has 0 aromatic heterocycles. The summed E-state index contributed by atoms with van der Waals surface area (Å²) in [6, 6.07) is 0. The molecular weight excluding hydrogens is 318 g/mol. The highest BCUT2D eigenvalue weighted by molar-refractivity contribution is 5.69. The molecule has 0 aliphatic heterocycles. The summed E-state index contributed by atoms with van der Waals surface area (Å²) in [4.78, 5) is 21.8. The van der Waals surface area contributed by atoms with Crippen LogP contribution in [0.4, 0.5) is 0 Å². The Morgan fingerprint density at radius 2 is 1.24 bits per heavy atom. The lowest BCUT2D eigenvalue weighted by Crippen LogP contribution is -2.22. The van der Waals surface area contributed by atoms with Gasteiger partial charge in [-0.2, -0.15) is 0 Å². The van der Waals surface area contributed by atoms with Gasteiger partial charge in [-0.3, -0.25) is 9.59 Å². The van der Waals surface area contributed by atoms with E-state index in [0.717, 1.165) is 12.8 Å². The lowest BCUT2D eigenvalue weighted by molar-refractivity contribution is -0.143. The number of carboxylic acids is 1. The first-order valence-electron chi connectivity index (χ1n) is 10.2. The molecule has 0 atom stereocenters. The molecule has 0 aliphatic carbocycles. The van der Waals surface area contributed by atoms with E-state index in [2.05, 4.69) is 12.2 Å². The summed E-state index contributed by atoms with van der Waals surface area (Å²) in [6.45, 7) is 3.63. The summed E-state index contributed by atoms with van der Waals surface area (Å²) < 4.78 is 5.17. The Hall–Kier alpha value is -1.10. The first kappa shape index (κ1) is 23.9. The van der Waals surface area contributed by atoms with Gasteiger partial charge in [0.1, 0.15) is 0 Å². The Balaban J connectivity index is 3.14. The summed E-state index contributed by atoms with van der Waals surface area (Å²) in [5, 5.41) is 11.4. The van der Waals surface area contributed by atoms with Crippen molar-refractivity contribution in [2.75, 3.05) is 19.7 Å². The van der Waals surface area contributed by atoms with E-state index in [1.165, 1.54) is 64.2 Å². The van der Waals surface area contributed by atoms with Crippen LogP contribution in [0, 0.1) is 0 Å². The summed E-state index contributed by atoms with van der Waals surface area (Å²) in [5.74, 6) is -1.03. The van der Waals surface area contributed by atoms with Crippen LogP contribution in [0.5, 0.6) is 0 Å². The number of carbonyl (C=O) groups is 2. The van der Waals surface area contributed by atoms with Crippen molar-refractivity contribution in [3.8, 4) is 0 Å². The Morgan fingerprint density at radius 1 is 0.760 bits per heavy atom. The summed E-state index contributed by atoms with van der Waals surface area (Å²) in [6.07, 6.45) is 15.9. The molecule has 0 bridgehead atoms. The number of unbranched alkanes of at least 4 members (excludes halogenated alkanes) is 11. The van der Waals surface area contributed by atoms with Gasteiger partial charge in [-0.25, -0.2) is 0 Å². The number of nitrogens with one attached hydrogen (secondary N) is 1. The number of hydrogen-bond acceptors (Lipinski definition) is 4. The van der Waals surface area contributed by atoms with E-state index >= 15 is 0 Å². The fraction of sp³-hybridized carbons (Fsp3) is 0.900. The Labute approximate surface area is 153 Å². The number of ether oxygens (including phenoxy) is 1. The van der Waals surface area contributed by atoms with Crippen LogP contribution < -0.4 is 5.32 Å². The molecule has 0 amide bonds. The van der Waals surface area contributed by atoms with E-state index in [0.29, 0.717) is 26.1 Å². The number of hydrogen-bond donors (Lipinski definition) is 2. The molecule has 0 rings (SSSR count). The molecule has 0 unspecified atom stereocenters. The topological polar surface area (TPSA) is 75.6 Å². The van der Waals surface area contributed by atoms with E-state index in [4.69, 9.17) is 9.84 Å². The SMILES string of the molecule is CCCCCCCCCCCCCCOC(=O)CCNCCC(=O)O. The number of esters is 1. The van der Waals surface area contributed by atoms with Gasteiger partial charge in [-0.05, 0) is 6.42 Å². The monoisotopic (exact) mass is 357 g/mol. The standard InChI is InChI=1S/C20H39NO4/c1-2-3-4-5-6-7-8-9-10-11-12-13-18-25-20(24)15-17-21-16-14-19(22)23/h21H,2-18H2,1H3,(H,22,23). The van der Waals surface area contributed by atoms with Crippen molar-refractivity contribution in [2.24, 2.45) is 0 Å². The second kappa shape index (κ2) is 19.2. The molecule has 0 heterocycles. The van der Waals surface area contributed by atoms with Gasteiger partial charge in [-0.15, -0.1) is 0 Å². The normalized spacial score (nSPS) is 10.8. The van der Waals surface area contributed by atoms with Crippen molar-refractivity contribution in [3.05, 3.63) is 0 Å². The Morgan fingerprint density at radius 3 is 1.76 bits per heavy atom. The minimum Gasteiger partial charge on any atom is -0.481 e. The van der Waals surface area contributed by atoms with Crippen LogP contribution in [-0.4, -0.2) is 36.7 Å². The number of aliphatic carboxylic acids is 1. The molecule has 0 aromatic rings. The van der Waals surface area contributed by atoms with Crippen LogP contribution >= 0.6 is 0 Å². The van der Waals surface area contributed by atoms with Crippen molar-refractivity contribution >= 4 is 11.9 Å². The molecule has 0 spiro atoms. The maximum atomic E-state index is 11.5. The van der Waals surface area contributed by atoms with E-state index in [-0.39, 0.29) is 12.4 Å². The maximum Gasteiger partial charge on any atom is 0.307 e. The quantitative estimate of drug-likeness (QED) is 0.259. The molecule has 0 aliphatic rings. The summed E-state index contributed by atoms with van der Waals surface area (Å²) in [5.41, 5.74) is 0. The molecule has 2 N–H and O–H groups in total. The van der Waals surface area contributed by atoms with Gasteiger partial charge >= 0.3 is 11.9 Å². The van der Waals surface area contributed by atoms with Crippen LogP contribution in [0.2, 0.25) is 0 Å². The molecule has 0 fully saturated rings. The minimum atomic E-state index is -0.831. The average molecular weight is 358 g/mol. The Kier molecular flexibility index (Phi) is 18.4. The van der Waals surface area contributed by atoms with Crippen molar-refractivity contribution in [1.29, 1.82) is 0 Å². The predicted molar refractivity (Wildman–Crippen MR) is 102 cm³/mol. The van der Waals surface area contributed by atoms with Crippen molar-refractivity contribution in [1.82, 2.24) is 5.32 Å². The highest BCUT2D eigenvalue weighted by Crippen LogP contribution is 2.11. The molecule has 0 saturated carbocycles. The minimum absolute atomic E-state index is 0.0773. The zero-order valence-electron chi connectivity index (χ0n) is 16.2. The third-order valence-electron chi connectivity index (χ3n) is 4.28. The molecule has 0 aromatic carbocycles. The van der Waals surface area contributed by atoms with E-state index in [1.54, 1.807) is 0 Å². The van der Waals surface area contributed by atoms with Gasteiger partial charge < -0.3 is 15.2 Å². The third kappa shape index (κ3) is 20.9. The van der Waals surface area contributed by atoms with Crippen molar-refractivity contribution in [3.63, 3.8) is 0 Å². The average Bonchev–Trinajstić information content (AvgIpc) is 2.58. The lowest BCUT2D eigenvalue weighted by atomic mass is 10.1. The van der Waals surface area contributed by atoms with Gasteiger partial charge in [0.15, 0.2) is 0 Å². The van der Waals surface area contributed by atoms with Crippen LogP contribution in [0.25, 0.3) is 0 Å². The molecular formula is C20H39NO4. The highest BCUT2D eigenvalue weighted by Gasteiger charge is 2.02. The second-order valence-corrected chi connectivity index (χ2v) is 6.75. The van der Waals surface area contributed by atoms with Crippen molar-refractivity contribution < 1.29 is 19.4 Å². The second-order valence-electron chi connectivity index (χ2n) is 6.75. The van der Waals surface area contributed by atoms with Gasteiger partial charge in [0.25, 0.3) is 0 Å². The highest BCUT2D eigenvalue weighted by atomic mass is 16.5. The number of carboxylic acid groups (broad SMARTS) is 1. The molecule has 148 valence electrons. The van der Waals surface area contributed by atoms with Crippen LogP contribution in [0.1, 0.15) is 96.8 Å². The van der Waals surface area contributed by atoms with Crippen LogP contribution in [0.15, 0.2) is 0 Å². The number of carbonyl (C=O) groups excluding carboxylic acids is 1. The van der Waals surface area contributed by atoms with Gasteiger partial charge in [0, 0.05) is 13.1 Å². The predicted octanol–water partition coefficient (Wildman–Crippen LogP) is 4.69. The molecule has 25 heavy (non-hydrogen) atoms. The van der Waals surface area contributed by atoms with E-state index < -0.39 is 5.97 Å². The Bertz CT molecular complexity index is 321. The summed E-state index contributed by atoms with van der Waals surface area (Å²) >= 11 is 0. The zero-order valence-corrected chi connectivity index (χ0v) is 16.2. The fourth-order valence-corrected chi connectivity index (χ4v) is 2.71. The van der Waals surface area contributed by atoms with Crippen molar-refractivity contribution in [2.45, 2.75) is 96.8 Å². The molecule has 0 radical (unpaired) electrons. The van der Waals surface area contributed by atoms with Gasteiger partial charge in [0.05, 0.1) is 19.4 Å². The molecule has 5 nitrogen and oxygen atoms in total. The summed E-state index contributed by atoms with van der Waals surface area (Å²) in [7, 11) is 0. The largest absolute Gasteiger partial charge is 0.481 e. The van der Waals surface area contributed by atoms with Gasteiger partial charge in [0.2, 0.25) is 0 Å². The zero-order chi connectivity index (χ0) is 18.6. The van der Waals surface area contributed by atoms with E-state index in [9.17, 15) is 9.59 Å². The maximum absolute atomic E-state index is 11.5. The fourth-order valence-electron chi connectivity index (χ4n) is 2.71. The smallest absolute Gasteiger partial charge is 0.307 e. The first-order valence-corrected chi connectivity index (χ1v) is 10.2. The lowest BCUT2D eigenvalue weighted by Gasteiger charge is -2.06. The first-order chi connectivity index (χ1) is 12.2. The van der Waals surface area contributed by atoms with Gasteiger partial charge in [-0.1, -0.05) is 77.6 Å². The van der Waals surface area contributed by atoms with E-state index in [1.807, 2.05) is 0 Å². The molecule has 5 heteroatoms. The van der Waals surface area contributed by atoms with Crippen LogP contribution in [-0.2, 0) is 14.3 Å². The number of rotatable bonds is 19.